The smallest absolute Gasteiger partial charge is 0.246 e. The van der Waals surface area contributed by atoms with Gasteiger partial charge < -0.3 is 61.0 Å². The molecule has 0 unspecified atom stereocenters. The molecule has 3 aliphatic heterocycles. The van der Waals surface area contributed by atoms with Gasteiger partial charge in [0.25, 0.3) is 0 Å². The number of carbonyl (C=O) groups excluding carboxylic acids is 6. The maximum atomic E-state index is 14.5. The number of amides is 6. The minimum Gasteiger partial charge on any atom is -0.376 e. The zero-order chi connectivity index (χ0) is 56.3. The van der Waals surface area contributed by atoms with Crippen molar-refractivity contribution in [1.29, 1.82) is 0 Å². The topological polar surface area (TPSA) is 206 Å². The summed E-state index contributed by atoms with van der Waals surface area (Å²) in [6, 6.07) is 12.1. The number of benzene rings is 2. The van der Waals surface area contributed by atoms with Gasteiger partial charge in [-0.1, -0.05) is 90.1 Å². The molecule has 78 heavy (non-hydrogen) atoms. The third-order valence-electron chi connectivity index (χ3n) is 16.9. The second-order valence-corrected chi connectivity index (χ2v) is 24.8. The van der Waals surface area contributed by atoms with E-state index in [1.54, 1.807) is 37.7 Å². The van der Waals surface area contributed by atoms with Crippen molar-refractivity contribution >= 4 is 35.4 Å². The van der Waals surface area contributed by atoms with E-state index >= 15 is 0 Å². The van der Waals surface area contributed by atoms with Gasteiger partial charge >= 0.3 is 0 Å². The maximum absolute atomic E-state index is 14.5. The molecule has 3 saturated heterocycles. The monoisotopic (exact) mass is 1080 g/mol. The fourth-order valence-electron chi connectivity index (χ4n) is 11.9. The molecular formula is C60H94N10O8. The standard InChI is InChI=1S/C60H94N10O8/c1-39(61-9)53(71)65-51(59(3,4)5)57(75)69-37-43(35-49(69)55(73)63-47-25-15-21-41-19-11-13-23-45(41)47)77-33-17-27-67-29-31-68(32-30-67)28-18-34-78-44-36-50(56(74)64-48-26-16-22-42-20-12-14-24-46(42)48)70(38-44)58(76)52(60(6,7)8)66-54(72)40(2)62-10/h11-14,19-20,23-24,39-40,43-44,47-52,61-62H,15-18,21-22,25-38H2,1-10H3,(H,63,73)(H,64,74)(H,65,71)(H,66,72)/t39-,40-,43-,44-,47+,48+,49-,50-,51+,52+/m0/s1. The van der Waals surface area contributed by atoms with Crippen LogP contribution >= 0.6 is 0 Å². The minimum absolute atomic E-state index is 0.132. The fraction of sp³-hybridized carbons (Fsp3) is 0.700. The lowest BCUT2D eigenvalue weighted by Crippen LogP contribution is -2.59. The van der Waals surface area contributed by atoms with E-state index in [-0.39, 0.29) is 72.8 Å². The summed E-state index contributed by atoms with van der Waals surface area (Å²) in [4.78, 5) is 92.1. The number of nitrogens with one attached hydrogen (secondary N) is 6. The summed E-state index contributed by atoms with van der Waals surface area (Å²) in [6.45, 7) is 22.0. The molecule has 18 nitrogen and oxygen atoms in total. The van der Waals surface area contributed by atoms with Crippen LogP contribution in [0.2, 0.25) is 0 Å². The highest BCUT2D eigenvalue weighted by atomic mass is 16.5. The Morgan fingerprint density at radius 2 is 0.949 bits per heavy atom. The van der Waals surface area contributed by atoms with Gasteiger partial charge in [-0.2, -0.15) is 0 Å². The van der Waals surface area contributed by atoms with Crippen LogP contribution in [0.25, 0.3) is 0 Å². The molecule has 0 aromatic heterocycles. The van der Waals surface area contributed by atoms with E-state index in [2.05, 4.69) is 66.0 Å². The average Bonchev–Trinajstić information content (AvgIpc) is 4.07. The summed E-state index contributed by atoms with van der Waals surface area (Å²) in [5, 5.41) is 18.5. The van der Waals surface area contributed by atoms with Crippen LogP contribution in [0.1, 0.15) is 141 Å². The van der Waals surface area contributed by atoms with Crippen molar-refractivity contribution in [1.82, 2.24) is 51.5 Å². The summed E-state index contributed by atoms with van der Waals surface area (Å²) >= 11 is 0. The van der Waals surface area contributed by atoms with Crippen molar-refractivity contribution in [2.45, 2.75) is 180 Å². The Morgan fingerprint density at radius 3 is 1.31 bits per heavy atom. The van der Waals surface area contributed by atoms with Gasteiger partial charge in [-0.15, -0.1) is 0 Å². The minimum atomic E-state index is -0.841. The van der Waals surface area contributed by atoms with Gasteiger partial charge in [0.2, 0.25) is 35.4 Å². The van der Waals surface area contributed by atoms with Gasteiger partial charge in [-0.05, 0) is 112 Å². The fourth-order valence-corrected chi connectivity index (χ4v) is 11.9. The molecule has 2 aromatic rings. The first-order valence-corrected chi connectivity index (χ1v) is 29.2. The summed E-state index contributed by atoms with van der Waals surface area (Å²) in [5.41, 5.74) is 3.53. The first-order valence-electron chi connectivity index (χ1n) is 29.2. The highest BCUT2D eigenvalue weighted by Gasteiger charge is 2.48. The molecule has 3 heterocycles. The van der Waals surface area contributed by atoms with Crippen LogP contribution in [0.4, 0.5) is 0 Å². The molecule has 5 aliphatic rings. The van der Waals surface area contributed by atoms with Gasteiger partial charge in [0.15, 0.2) is 0 Å². The molecule has 2 aliphatic carbocycles. The molecule has 18 heteroatoms. The Kier molecular flexibility index (Phi) is 21.4. The van der Waals surface area contributed by atoms with Crippen LogP contribution < -0.4 is 31.9 Å². The van der Waals surface area contributed by atoms with Crippen molar-refractivity contribution in [3.05, 3.63) is 70.8 Å². The number of hydrogen-bond acceptors (Lipinski definition) is 12. The van der Waals surface area contributed by atoms with E-state index in [9.17, 15) is 28.8 Å². The number of rotatable bonds is 22. The van der Waals surface area contributed by atoms with Crippen molar-refractivity contribution < 1.29 is 38.2 Å². The lowest BCUT2D eigenvalue weighted by Gasteiger charge is -2.36. The molecule has 7 rings (SSSR count). The van der Waals surface area contributed by atoms with Crippen LogP contribution in [-0.2, 0) is 51.1 Å². The van der Waals surface area contributed by atoms with Crippen molar-refractivity contribution in [2.75, 3.05) is 79.7 Å². The summed E-state index contributed by atoms with van der Waals surface area (Å²) in [6.07, 6.45) is 7.28. The number of carbonyl (C=O) groups is 6. The van der Waals surface area contributed by atoms with E-state index in [1.807, 2.05) is 65.8 Å². The SMILES string of the molecule is CN[C@@H](C)C(=O)N[C@H](C(=O)N1C[C@@H](OCCCN2CCN(CCCO[C@H]3C[C@@H](C(=O)N[C@@H]4CCCc5ccccc54)N(C(=O)[C@@H](NC(=O)[C@H](C)NC)C(C)(C)C)C3)CC2)C[C@H]1C(=O)N[C@@H]1CCCc2ccccc21)C(C)(C)C. The normalized spacial score (nSPS) is 24.5. The molecule has 0 spiro atoms. The highest BCUT2D eigenvalue weighted by Crippen LogP contribution is 2.34. The average molecular weight is 1080 g/mol. The molecule has 3 fully saturated rings. The van der Waals surface area contributed by atoms with Crippen LogP contribution in [0.5, 0.6) is 0 Å². The van der Waals surface area contributed by atoms with Gasteiger partial charge in [0, 0.05) is 78.4 Å². The first-order chi connectivity index (χ1) is 37.2. The molecule has 6 N–H and O–H groups in total. The third-order valence-corrected chi connectivity index (χ3v) is 16.9. The molecule has 0 bridgehead atoms. The lowest BCUT2D eigenvalue weighted by molar-refractivity contribution is -0.144. The number of likely N-dealkylation sites (N-methyl/N-ethyl adjacent to an activating group) is 2. The number of likely N-dealkylation sites (tertiary alicyclic amines) is 2. The van der Waals surface area contributed by atoms with Crippen molar-refractivity contribution in [2.24, 2.45) is 10.8 Å². The second-order valence-electron chi connectivity index (χ2n) is 24.8. The zero-order valence-electron chi connectivity index (χ0n) is 48.6. The van der Waals surface area contributed by atoms with E-state index in [1.165, 1.54) is 11.1 Å². The summed E-state index contributed by atoms with van der Waals surface area (Å²) in [5.74, 6) is -1.49. The predicted octanol–water partition coefficient (Wildman–Crippen LogP) is 4.02. The number of piperazine rings is 1. The molecule has 6 amide bonds. The number of nitrogens with zero attached hydrogens (tertiary/aromatic N) is 4. The van der Waals surface area contributed by atoms with Crippen LogP contribution in [0.15, 0.2) is 48.5 Å². The van der Waals surface area contributed by atoms with Gasteiger partial charge in [-0.3, -0.25) is 28.8 Å². The number of aryl methyl sites for hydroxylation is 2. The molecule has 10 atom stereocenters. The third kappa shape index (κ3) is 15.7. The second kappa shape index (κ2) is 27.5. The number of hydrogen-bond donors (Lipinski definition) is 6. The lowest BCUT2D eigenvalue weighted by atomic mass is 9.85. The van der Waals surface area contributed by atoms with Crippen molar-refractivity contribution in [3.63, 3.8) is 0 Å². The summed E-state index contributed by atoms with van der Waals surface area (Å²) in [7, 11) is 3.41. The van der Waals surface area contributed by atoms with Crippen LogP contribution in [0, 0.1) is 10.8 Å². The Labute approximate surface area is 465 Å². The predicted molar refractivity (Wildman–Crippen MR) is 302 cm³/mol. The Hall–Kier alpha value is -4.98. The van der Waals surface area contributed by atoms with E-state index in [4.69, 9.17) is 9.47 Å². The van der Waals surface area contributed by atoms with Gasteiger partial charge in [0.05, 0.1) is 36.4 Å². The number of ether oxygens (including phenoxy) is 2. The quantitative estimate of drug-likeness (QED) is 0.0926. The first kappa shape index (κ1) is 60.7. The van der Waals surface area contributed by atoms with E-state index in [0.717, 1.165) is 102 Å². The molecule has 2 aromatic carbocycles. The molecular weight excluding hydrogens is 989 g/mol. The largest absolute Gasteiger partial charge is 0.376 e. The van der Waals surface area contributed by atoms with Crippen molar-refractivity contribution in [3.8, 4) is 0 Å². The molecule has 0 radical (unpaired) electrons. The van der Waals surface area contributed by atoms with Crippen LogP contribution in [-0.4, -0.2) is 183 Å². The van der Waals surface area contributed by atoms with Crippen LogP contribution in [0.3, 0.4) is 0 Å². The Bertz CT molecular complexity index is 2200. The van der Waals surface area contributed by atoms with Gasteiger partial charge in [-0.25, -0.2) is 0 Å². The zero-order valence-corrected chi connectivity index (χ0v) is 48.6. The molecule has 0 saturated carbocycles. The van der Waals surface area contributed by atoms with E-state index < -0.39 is 47.1 Å². The molecule has 432 valence electrons. The summed E-state index contributed by atoms with van der Waals surface area (Å²) < 4.78 is 13.0. The maximum Gasteiger partial charge on any atom is 0.246 e. The number of fused-ring (bicyclic) bond motifs is 2. The van der Waals surface area contributed by atoms with E-state index in [0.29, 0.717) is 26.1 Å². The Morgan fingerprint density at radius 1 is 0.577 bits per heavy atom. The highest BCUT2D eigenvalue weighted by molar-refractivity contribution is 5.95. The Balaban J connectivity index is 0.882. The van der Waals surface area contributed by atoms with Gasteiger partial charge in [0.1, 0.15) is 24.2 Å².